The van der Waals surface area contributed by atoms with Crippen molar-refractivity contribution in [3.05, 3.63) is 41.2 Å². The smallest absolute Gasteiger partial charge is 0.368 e. The Balaban J connectivity index is 2.31. The summed E-state index contributed by atoms with van der Waals surface area (Å²) in [7, 11) is 0. The van der Waals surface area contributed by atoms with E-state index in [0.717, 1.165) is 6.07 Å². The van der Waals surface area contributed by atoms with Crippen molar-refractivity contribution in [1.82, 2.24) is 15.0 Å². The fourth-order valence-corrected chi connectivity index (χ4v) is 1.97. The minimum absolute atomic E-state index is 0.0151. The van der Waals surface area contributed by atoms with Crippen molar-refractivity contribution in [3.63, 3.8) is 0 Å². The van der Waals surface area contributed by atoms with E-state index in [1.165, 1.54) is 12.1 Å². The van der Waals surface area contributed by atoms with Crippen molar-refractivity contribution in [3.8, 4) is 0 Å². The van der Waals surface area contributed by atoms with Gasteiger partial charge in [-0.1, -0.05) is 18.2 Å². The zero-order valence-corrected chi connectivity index (χ0v) is 11.4. The van der Waals surface area contributed by atoms with Crippen molar-refractivity contribution in [2.45, 2.75) is 26.1 Å². The predicted octanol–water partition coefficient (Wildman–Crippen LogP) is 2.95. The van der Waals surface area contributed by atoms with E-state index in [4.69, 9.17) is 5.73 Å². The van der Waals surface area contributed by atoms with Gasteiger partial charge in [0.05, 0.1) is 11.6 Å². The standard InChI is InChI=1S/C13H14F3N5/c1-7(18-12-20-8(2)19-11(17)21-12)9-5-3-4-6-10(9)13(14,15)16/h3-7H,1-2H3,(H3,17,18,19,20,21). The summed E-state index contributed by atoms with van der Waals surface area (Å²) in [6.07, 6.45) is -4.42. The van der Waals surface area contributed by atoms with Crippen LogP contribution in [0.3, 0.4) is 0 Å². The minimum Gasteiger partial charge on any atom is -0.368 e. The quantitative estimate of drug-likeness (QED) is 0.911. The lowest BCUT2D eigenvalue weighted by Gasteiger charge is -2.19. The van der Waals surface area contributed by atoms with Crippen LogP contribution in [0.4, 0.5) is 25.1 Å². The molecule has 0 radical (unpaired) electrons. The zero-order chi connectivity index (χ0) is 15.6. The van der Waals surface area contributed by atoms with Crippen LogP contribution >= 0.6 is 0 Å². The molecule has 2 aromatic rings. The van der Waals surface area contributed by atoms with E-state index in [1.54, 1.807) is 19.9 Å². The summed E-state index contributed by atoms with van der Waals surface area (Å²) in [5.74, 6) is 0.548. The van der Waals surface area contributed by atoms with Gasteiger partial charge in [-0.3, -0.25) is 0 Å². The molecule has 1 aromatic carbocycles. The van der Waals surface area contributed by atoms with Gasteiger partial charge in [0.1, 0.15) is 5.82 Å². The highest BCUT2D eigenvalue weighted by Gasteiger charge is 2.34. The molecule has 0 bridgehead atoms. The van der Waals surface area contributed by atoms with Gasteiger partial charge in [-0.2, -0.15) is 28.1 Å². The van der Waals surface area contributed by atoms with Crippen LogP contribution < -0.4 is 11.1 Å². The lowest BCUT2D eigenvalue weighted by molar-refractivity contribution is -0.138. The molecule has 5 nitrogen and oxygen atoms in total. The first-order valence-corrected chi connectivity index (χ1v) is 6.18. The van der Waals surface area contributed by atoms with E-state index in [2.05, 4.69) is 20.3 Å². The number of aromatic nitrogens is 3. The molecule has 3 N–H and O–H groups in total. The SMILES string of the molecule is Cc1nc(N)nc(NC(C)c2ccccc2C(F)(F)F)n1. The van der Waals surface area contributed by atoms with Crippen molar-refractivity contribution in [1.29, 1.82) is 0 Å². The number of alkyl halides is 3. The average Bonchev–Trinajstić information content (AvgIpc) is 2.36. The molecule has 0 saturated heterocycles. The molecule has 1 heterocycles. The number of hydrogen-bond donors (Lipinski definition) is 2. The number of anilines is 2. The third-order valence-electron chi connectivity index (χ3n) is 2.84. The number of nitrogen functional groups attached to an aromatic ring is 1. The fraction of sp³-hybridized carbons (Fsp3) is 0.308. The van der Waals surface area contributed by atoms with Gasteiger partial charge in [-0.05, 0) is 25.5 Å². The topological polar surface area (TPSA) is 76.7 Å². The highest BCUT2D eigenvalue weighted by Crippen LogP contribution is 2.35. The number of nitrogens with two attached hydrogens (primary N) is 1. The monoisotopic (exact) mass is 297 g/mol. The lowest BCUT2D eigenvalue weighted by atomic mass is 10.0. The molecule has 0 fully saturated rings. The fourth-order valence-electron chi connectivity index (χ4n) is 1.97. The molecule has 0 aliphatic carbocycles. The van der Waals surface area contributed by atoms with Gasteiger partial charge in [0.25, 0.3) is 0 Å². The number of hydrogen-bond acceptors (Lipinski definition) is 5. The molecule has 0 aliphatic rings. The first kappa shape index (κ1) is 15.0. The third kappa shape index (κ3) is 3.59. The summed E-state index contributed by atoms with van der Waals surface area (Å²) in [6.45, 7) is 3.22. The van der Waals surface area contributed by atoms with Crippen LogP contribution in [0.2, 0.25) is 0 Å². The van der Waals surface area contributed by atoms with Gasteiger partial charge in [-0.15, -0.1) is 0 Å². The van der Waals surface area contributed by atoms with Gasteiger partial charge in [-0.25, -0.2) is 0 Å². The summed E-state index contributed by atoms with van der Waals surface area (Å²) < 4.78 is 39.0. The lowest BCUT2D eigenvalue weighted by Crippen LogP contribution is -2.17. The molecule has 2 rings (SSSR count). The van der Waals surface area contributed by atoms with Gasteiger partial charge in [0.2, 0.25) is 11.9 Å². The zero-order valence-electron chi connectivity index (χ0n) is 11.4. The minimum atomic E-state index is -4.42. The van der Waals surface area contributed by atoms with Gasteiger partial charge < -0.3 is 11.1 Å². The van der Waals surface area contributed by atoms with E-state index in [9.17, 15) is 13.2 Å². The Kier molecular flexibility index (Phi) is 3.97. The summed E-state index contributed by atoms with van der Waals surface area (Å²) in [5.41, 5.74) is 4.91. The second-order valence-electron chi connectivity index (χ2n) is 4.52. The van der Waals surface area contributed by atoms with Crippen LogP contribution in [0.15, 0.2) is 24.3 Å². The maximum Gasteiger partial charge on any atom is 0.416 e. The van der Waals surface area contributed by atoms with Crippen LogP contribution in [-0.2, 0) is 6.18 Å². The number of aryl methyl sites for hydroxylation is 1. The Hall–Kier alpha value is -2.38. The molecule has 1 unspecified atom stereocenters. The van der Waals surface area contributed by atoms with Crippen molar-refractivity contribution < 1.29 is 13.2 Å². The Morgan fingerprint density at radius 3 is 2.43 bits per heavy atom. The molecule has 0 saturated carbocycles. The maximum absolute atomic E-state index is 13.0. The van der Waals surface area contributed by atoms with Crippen LogP contribution in [-0.4, -0.2) is 15.0 Å². The molecule has 0 spiro atoms. The highest BCUT2D eigenvalue weighted by molar-refractivity contribution is 5.39. The summed E-state index contributed by atoms with van der Waals surface area (Å²) in [6, 6.07) is 4.72. The third-order valence-corrected chi connectivity index (χ3v) is 2.84. The summed E-state index contributed by atoms with van der Waals surface area (Å²) in [4.78, 5) is 11.7. The van der Waals surface area contributed by atoms with Crippen LogP contribution in [0.25, 0.3) is 0 Å². The Bertz CT molecular complexity index is 622. The van der Waals surface area contributed by atoms with Crippen molar-refractivity contribution in [2.24, 2.45) is 0 Å². The van der Waals surface area contributed by atoms with E-state index >= 15 is 0 Å². The van der Waals surface area contributed by atoms with E-state index < -0.39 is 17.8 Å². The van der Waals surface area contributed by atoms with Gasteiger partial charge >= 0.3 is 6.18 Å². The van der Waals surface area contributed by atoms with E-state index in [-0.39, 0.29) is 17.5 Å². The Morgan fingerprint density at radius 2 is 1.81 bits per heavy atom. The largest absolute Gasteiger partial charge is 0.416 e. The van der Waals surface area contributed by atoms with E-state index in [1.807, 2.05) is 0 Å². The predicted molar refractivity (Wildman–Crippen MR) is 72.5 cm³/mol. The number of halogens is 3. The Labute approximate surface area is 119 Å². The number of rotatable bonds is 3. The number of benzene rings is 1. The molecule has 1 atom stereocenters. The van der Waals surface area contributed by atoms with Crippen LogP contribution in [0.1, 0.15) is 29.9 Å². The Morgan fingerprint density at radius 1 is 1.14 bits per heavy atom. The second-order valence-corrected chi connectivity index (χ2v) is 4.52. The number of nitrogens with one attached hydrogen (secondary N) is 1. The van der Waals surface area contributed by atoms with Gasteiger partial charge in [0.15, 0.2) is 0 Å². The molecule has 1 aromatic heterocycles. The van der Waals surface area contributed by atoms with Crippen LogP contribution in [0.5, 0.6) is 0 Å². The highest BCUT2D eigenvalue weighted by atomic mass is 19.4. The molecule has 112 valence electrons. The summed E-state index contributed by atoms with van der Waals surface area (Å²) in [5, 5.41) is 2.81. The molecular weight excluding hydrogens is 283 g/mol. The van der Waals surface area contributed by atoms with Crippen molar-refractivity contribution in [2.75, 3.05) is 11.1 Å². The van der Waals surface area contributed by atoms with Crippen molar-refractivity contribution >= 4 is 11.9 Å². The molecule has 0 aliphatic heterocycles. The number of nitrogens with zero attached hydrogens (tertiary/aromatic N) is 3. The average molecular weight is 297 g/mol. The first-order valence-electron chi connectivity index (χ1n) is 6.18. The summed E-state index contributed by atoms with van der Waals surface area (Å²) >= 11 is 0. The maximum atomic E-state index is 13.0. The first-order chi connectivity index (χ1) is 9.77. The van der Waals surface area contributed by atoms with Gasteiger partial charge in [0, 0.05) is 0 Å². The van der Waals surface area contributed by atoms with Crippen LogP contribution in [0, 0.1) is 6.92 Å². The molecule has 8 heteroatoms. The molecule has 0 amide bonds. The van der Waals surface area contributed by atoms with E-state index in [0.29, 0.717) is 5.82 Å². The molecule has 21 heavy (non-hydrogen) atoms. The molecular formula is C13H14F3N5. The second kappa shape index (κ2) is 5.55. The normalized spacial score (nSPS) is 13.0.